The van der Waals surface area contributed by atoms with E-state index in [1.165, 1.54) is 11.1 Å². The number of phenols is 3. The summed E-state index contributed by atoms with van der Waals surface area (Å²) in [4.78, 5) is 57.4. The van der Waals surface area contributed by atoms with Crippen molar-refractivity contribution in [1.29, 1.82) is 0 Å². The number of hydrogen-bond donors (Lipinski definition) is 6. The Hall–Kier alpha value is -7.78. The predicted molar refractivity (Wildman–Crippen MR) is 353 cm³/mol. The van der Waals surface area contributed by atoms with E-state index in [1.54, 1.807) is 31.2 Å². The lowest BCUT2D eigenvalue weighted by molar-refractivity contribution is -0.155. The van der Waals surface area contributed by atoms with Crippen LogP contribution in [0.25, 0.3) is 11.1 Å². The van der Waals surface area contributed by atoms with Crippen molar-refractivity contribution in [2.75, 3.05) is 39.3 Å². The summed E-state index contributed by atoms with van der Waals surface area (Å²) in [5.41, 5.74) is 9.12. The number of aliphatic hydroxyl groups is 1. The standard InChI is InChI=1S/C76H94N4O10/c1-8-89-70(87)50-79(48-58-43-51(25-32-65(58)82)26-34-67(84)77-39-18-40-78-68(85)47-57-46-64-63-30-27-55-45-60(81)29-31-61(55)62(63)35-38-76(64,7)73(57)88)41-42-80(75(5,6)37-36-69(86)90-74(2,3)4)49-59-44-56(28-33-66(59)83)72(54-23-16-11-17-24-54)71(52-19-12-9-13-20-52)53-21-14-10-15-22-53/h9-17,19-25,28-29,31-33,43-45,57,62-64,73,81-83,88H,8,18,26-27,30,34-42,46-50H2,1-7H3,(H,77,84)(H,78,85)/t57?,62-,63-,64+,73?,76+/m1/s1. The predicted octanol–water partition coefficient (Wildman–Crippen LogP) is 12.7. The van der Waals surface area contributed by atoms with Crippen molar-refractivity contribution in [2.24, 2.45) is 23.2 Å². The largest absolute Gasteiger partial charge is 0.508 e. The summed E-state index contributed by atoms with van der Waals surface area (Å²) >= 11 is 0. The van der Waals surface area contributed by atoms with Gasteiger partial charge in [-0.25, -0.2) is 0 Å². The molecule has 2 amide bonds. The molecular formula is C76H94N4O10. The topological polar surface area (TPSA) is 198 Å². The lowest BCUT2D eigenvalue weighted by atomic mass is 9.55. The zero-order valence-electron chi connectivity index (χ0n) is 53.8. The molecule has 3 aliphatic carbocycles. The molecule has 90 heavy (non-hydrogen) atoms. The third-order valence-electron chi connectivity index (χ3n) is 19.2. The van der Waals surface area contributed by atoms with Gasteiger partial charge in [0.05, 0.1) is 19.3 Å². The molecule has 14 heteroatoms. The number of benzene rings is 6. The molecule has 0 heterocycles. The smallest absolute Gasteiger partial charge is 0.320 e. The number of phenolic OH excluding ortho intramolecular Hbond substituents is 3. The van der Waals surface area contributed by atoms with Gasteiger partial charge in [0, 0.05) is 75.2 Å². The zero-order chi connectivity index (χ0) is 64.2. The van der Waals surface area contributed by atoms with Crippen LogP contribution in [0.3, 0.4) is 0 Å². The Morgan fingerprint density at radius 3 is 1.91 bits per heavy atom. The maximum absolute atomic E-state index is 13.4. The van der Waals surface area contributed by atoms with Gasteiger partial charge in [0.2, 0.25) is 11.8 Å². The maximum Gasteiger partial charge on any atom is 0.320 e. The second-order valence-electron chi connectivity index (χ2n) is 27.0. The number of aliphatic hydroxyl groups excluding tert-OH is 1. The van der Waals surface area contributed by atoms with Gasteiger partial charge in [0.1, 0.15) is 22.8 Å². The first-order valence-corrected chi connectivity index (χ1v) is 32.5. The molecule has 6 aromatic rings. The van der Waals surface area contributed by atoms with E-state index in [0.717, 1.165) is 71.1 Å². The van der Waals surface area contributed by atoms with Crippen LogP contribution in [-0.4, -0.2) is 111 Å². The van der Waals surface area contributed by atoms with Crippen molar-refractivity contribution in [1.82, 2.24) is 20.4 Å². The Balaban J connectivity index is 0.843. The summed E-state index contributed by atoms with van der Waals surface area (Å²) in [6.07, 6.45) is 6.14. The molecule has 0 aromatic heterocycles. The molecule has 6 aromatic carbocycles. The van der Waals surface area contributed by atoms with Gasteiger partial charge in [-0.3, -0.25) is 29.0 Å². The van der Waals surface area contributed by atoms with Crippen LogP contribution in [-0.2, 0) is 54.6 Å². The molecule has 0 saturated heterocycles. The Kier molecular flexibility index (Phi) is 22.1. The first kappa shape index (κ1) is 66.6. The first-order chi connectivity index (χ1) is 43.1. The van der Waals surface area contributed by atoms with Crippen molar-refractivity contribution in [3.8, 4) is 17.2 Å². The Bertz CT molecular complexity index is 3410. The zero-order valence-corrected chi connectivity index (χ0v) is 53.8. The molecule has 478 valence electrons. The fraction of sp³-hybridized carbons (Fsp3) is 0.447. The highest BCUT2D eigenvalue weighted by Gasteiger charge is 2.58. The number of fused-ring (bicyclic) bond motifs is 5. The van der Waals surface area contributed by atoms with Crippen molar-refractivity contribution >= 4 is 34.9 Å². The number of nitrogens with one attached hydrogen (secondary N) is 2. The van der Waals surface area contributed by atoms with E-state index < -0.39 is 23.2 Å². The summed E-state index contributed by atoms with van der Waals surface area (Å²) in [6.45, 7) is 15.7. The molecule has 2 unspecified atom stereocenters. The minimum Gasteiger partial charge on any atom is -0.508 e. The van der Waals surface area contributed by atoms with Gasteiger partial charge in [-0.15, -0.1) is 0 Å². The highest BCUT2D eigenvalue weighted by molar-refractivity contribution is 6.04. The van der Waals surface area contributed by atoms with Crippen LogP contribution in [0.15, 0.2) is 146 Å². The average Bonchev–Trinajstić information content (AvgIpc) is 1.53. The van der Waals surface area contributed by atoms with Crippen LogP contribution in [0.4, 0.5) is 0 Å². The lowest BCUT2D eigenvalue weighted by Gasteiger charge is -2.50. The fourth-order valence-corrected chi connectivity index (χ4v) is 14.5. The van der Waals surface area contributed by atoms with E-state index in [0.29, 0.717) is 80.1 Å². The molecule has 14 nitrogen and oxygen atoms in total. The summed E-state index contributed by atoms with van der Waals surface area (Å²) in [5.74, 6) is 0.596. The minimum absolute atomic E-state index is 0.0459. The Morgan fingerprint density at radius 2 is 1.28 bits per heavy atom. The van der Waals surface area contributed by atoms with E-state index in [2.05, 4.69) is 84.8 Å². The van der Waals surface area contributed by atoms with E-state index in [4.69, 9.17) is 9.47 Å². The van der Waals surface area contributed by atoms with Crippen LogP contribution in [0, 0.1) is 23.2 Å². The number of ether oxygens (including phenoxy) is 2. The molecule has 0 spiro atoms. The summed E-state index contributed by atoms with van der Waals surface area (Å²) in [7, 11) is 0. The van der Waals surface area contributed by atoms with Gasteiger partial charge >= 0.3 is 11.9 Å². The Morgan fingerprint density at radius 1 is 0.667 bits per heavy atom. The third-order valence-corrected chi connectivity index (χ3v) is 19.2. The SMILES string of the molecule is CCOC(=O)CN(CCN(Cc1cc(C(=C(c2ccccc2)c2ccccc2)c2ccccc2)ccc1O)C(C)(C)CCC(=O)OC(C)(C)C)Cc1cc(CCC(=O)NCCCNC(=O)CC2C[C@H]3[C@@H]4CCc5cc(O)ccc5[C@H]4CC[C@]3(C)C2O)ccc1O. The number of carbonyl (C=O) groups is 4. The molecular weight excluding hydrogens is 1130 g/mol. The number of aryl methyl sites for hydroxylation is 2. The van der Waals surface area contributed by atoms with Gasteiger partial charge in [-0.1, -0.05) is 122 Å². The minimum atomic E-state index is -0.661. The fourth-order valence-electron chi connectivity index (χ4n) is 14.5. The van der Waals surface area contributed by atoms with Crippen LogP contribution in [0.5, 0.6) is 17.2 Å². The van der Waals surface area contributed by atoms with E-state index >= 15 is 0 Å². The average molecular weight is 1220 g/mol. The number of esters is 2. The molecule has 6 atom stereocenters. The summed E-state index contributed by atoms with van der Waals surface area (Å²) in [5, 5.41) is 51.0. The number of aromatic hydroxyl groups is 3. The van der Waals surface area contributed by atoms with E-state index in [-0.39, 0.29) is 86.1 Å². The van der Waals surface area contributed by atoms with Crippen molar-refractivity contribution in [2.45, 2.75) is 155 Å². The number of hydrogen-bond acceptors (Lipinski definition) is 12. The van der Waals surface area contributed by atoms with Gasteiger partial charge in [-0.2, -0.15) is 0 Å². The van der Waals surface area contributed by atoms with Crippen molar-refractivity contribution in [3.63, 3.8) is 0 Å². The quantitative estimate of drug-likeness (QED) is 0.0162. The van der Waals surface area contributed by atoms with Gasteiger partial charge < -0.3 is 40.5 Å². The normalized spacial score (nSPS) is 19.5. The Labute approximate surface area is 532 Å². The van der Waals surface area contributed by atoms with Crippen LogP contribution < -0.4 is 10.6 Å². The van der Waals surface area contributed by atoms with Gasteiger partial charge in [0.15, 0.2) is 0 Å². The molecule has 0 bridgehead atoms. The highest BCUT2D eigenvalue weighted by Crippen LogP contribution is 2.63. The van der Waals surface area contributed by atoms with Crippen LogP contribution in [0.2, 0.25) is 0 Å². The summed E-state index contributed by atoms with van der Waals surface area (Å²) < 4.78 is 11.2. The van der Waals surface area contributed by atoms with Crippen molar-refractivity contribution < 1.29 is 49.1 Å². The number of carbonyl (C=O) groups excluding carboxylic acids is 4. The second kappa shape index (κ2) is 29.9. The van der Waals surface area contributed by atoms with Crippen LogP contribution in [0.1, 0.15) is 162 Å². The van der Waals surface area contributed by atoms with Crippen molar-refractivity contribution in [3.05, 3.63) is 196 Å². The number of rotatable bonds is 27. The van der Waals surface area contributed by atoms with E-state index in [9.17, 15) is 39.6 Å². The first-order valence-electron chi connectivity index (χ1n) is 32.5. The lowest BCUT2D eigenvalue weighted by Crippen LogP contribution is -2.48. The van der Waals surface area contributed by atoms with E-state index in [1.807, 2.05) is 98.5 Å². The molecule has 9 rings (SSSR count). The monoisotopic (exact) mass is 1220 g/mol. The molecule has 3 aliphatic rings. The van der Waals surface area contributed by atoms with Gasteiger partial charge in [0.25, 0.3) is 0 Å². The number of nitrogens with zero attached hydrogens (tertiary/aromatic N) is 2. The van der Waals surface area contributed by atoms with Crippen LogP contribution >= 0.6 is 0 Å². The molecule has 2 saturated carbocycles. The second-order valence-corrected chi connectivity index (χ2v) is 27.0. The number of amides is 2. The van der Waals surface area contributed by atoms with Gasteiger partial charge in [-0.05, 0) is 202 Å². The molecule has 0 radical (unpaired) electrons. The summed E-state index contributed by atoms with van der Waals surface area (Å²) in [6, 6.07) is 47.7. The molecule has 2 fully saturated rings. The maximum atomic E-state index is 13.4. The molecule has 6 N–H and O–H groups in total. The molecule has 0 aliphatic heterocycles. The third kappa shape index (κ3) is 17.0. The highest BCUT2D eigenvalue weighted by atomic mass is 16.6.